The molecule has 2 aliphatic rings. The molecule has 0 radical (unpaired) electrons. The Morgan fingerprint density at radius 2 is 1.17 bits per heavy atom. The second-order valence-electron chi connectivity index (χ2n) is 9.67. The fraction of sp³-hybridized carbons (Fsp3) is 0.0938. The summed E-state index contributed by atoms with van der Waals surface area (Å²) in [6.07, 6.45) is 1.84. The van der Waals surface area contributed by atoms with Gasteiger partial charge in [-0.1, -0.05) is 92.0 Å². The molecule has 1 aromatic heterocycles. The summed E-state index contributed by atoms with van der Waals surface area (Å²) in [6.45, 7) is 4.74. The third-order valence-corrected chi connectivity index (χ3v) is 9.73. The van der Waals surface area contributed by atoms with Crippen LogP contribution in [0.5, 0.6) is 0 Å². The van der Waals surface area contributed by atoms with Gasteiger partial charge in [-0.2, -0.15) is 0 Å². The maximum Gasteiger partial charge on any atom is 0.0701 e. The molecule has 1 nitrogen and oxygen atoms in total. The molecule has 0 fully saturated rings. The van der Waals surface area contributed by atoms with Crippen molar-refractivity contribution >= 4 is 23.5 Å². The molecule has 4 aromatic carbocycles. The number of fused-ring (bicyclic) bond motifs is 5. The zero-order valence-electron chi connectivity index (χ0n) is 19.6. The Bertz CT molecular complexity index is 1600. The van der Waals surface area contributed by atoms with Crippen LogP contribution in [0, 0.1) is 0 Å². The molecule has 0 spiro atoms. The Morgan fingerprint density at radius 3 is 1.89 bits per heavy atom. The van der Waals surface area contributed by atoms with Crippen LogP contribution in [0.25, 0.3) is 33.5 Å². The van der Waals surface area contributed by atoms with E-state index in [1.165, 1.54) is 53.0 Å². The molecule has 1 aliphatic heterocycles. The topological polar surface area (TPSA) is 12.9 Å². The Labute approximate surface area is 214 Å². The van der Waals surface area contributed by atoms with Gasteiger partial charge in [0.15, 0.2) is 0 Å². The SMILES string of the molecule is CC1(C)c2cc(-c3ccc(-c4ccccn4)cc3)ccc2-c2cc3c(cc21)Sc1ccccc1S3. The molecule has 0 amide bonds. The zero-order valence-corrected chi connectivity index (χ0v) is 21.2. The van der Waals surface area contributed by atoms with E-state index in [0.717, 1.165) is 11.3 Å². The summed E-state index contributed by atoms with van der Waals surface area (Å²) in [4.78, 5) is 9.93. The predicted octanol–water partition coefficient (Wildman–Crippen LogP) is 9.34. The van der Waals surface area contributed by atoms with Crippen molar-refractivity contribution in [2.24, 2.45) is 0 Å². The minimum atomic E-state index is -0.0359. The fourth-order valence-electron chi connectivity index (χ4n) is 5.30. The maximum absolute atomic E-state index is 4.48. The summed E-state index contributed by atoms with van der Waals surface area (Å²) >= 11 is 3.80. The smallest absolute Gasteiger partial charge is 0.0701 e. The summed E-state index contributed by atoms with van der Waals surface area (Å²) in [6, 6.07) is 35.4. The lowest BCUT2D eigenvalue weighted by atomic mass is 9.81. The number of hydrogen-bond donors (Lipinski definition) is 0. The van der Waals surface area contributed by atoms with Crippen molar-refractivity contribution in [3.63, 3.8) is 0 Å². The number of pyridine rings is 1. The van der Waals surface area contributed by atoms with Gasteiger partial charge in [0.25, 0.3) is 0 Å². The fourth-order valence-corrected chi connectivity index (χ4v) is 7.58. The van der Waals surface area contributed by atoms with Gasteiger partial charge in [0, 0.05) is 36.8 Å². The van der Waals surface area contributed by atoms with Crippen molar-refractivity contribution in [3.05, 3.63) is 114 Å². The molecule has 35 heavy (non-hydrogen) atoms. The molecule has 0 unspecified atom stereocenters. The molecule has 7 rings (SSSR count). The Balaban J connectivity index is 1.28. The van der Waals surface area contributed by atoms with Gasteiger partial charge >= 0.3 is 0 Å². The van der Waals surface area contributed by atoms with Crippen LogP contribution in [0.15, 0.2) is 123 Å². The van der Waals surface area contributed by atoms with Crippen LogP contribution in [0.3, 0.4) is 0 Å². The van der Waals surface area contributed by atoms with Gasteiger partial charge in [0.1, 0.15) is 0 Å². The standard InChI is InChI=1S/C32H23NS2/c1-32(2)25-17-22(20-10-12-21(13-11-20)27-7-5-6-16-33-27)14-15-23(25)24-18-30-31(19-26(24)32)35-29-9-4-3-8-28(29)34-30/h3-19H,1-2H3. The van der Waals surface area contributed by atoms with Crippen LogP contribution in [0.2, 0.25) is 0 Å². The first-order valence-corrected chi connectivity index (χ1v) is 13.5. The normalized spacial score (nSPS) is 14.6. The molecule has 0 saturated carbocycles. The van der Waals surface area contributed by atoms with E-state index in [2.05, 4.69) is 104 Å². The largest absolute Gasteiger partial charge is 0.256 e. The Morgan fingerprint density at radius 1 is 0.543 bits per heavy atom. The third-order valence-electron chi connectivity index (χ3n) is 7.21. The first kappa shape index (κ1) is 21.0. The molecular weight excluding hydrogens is 462 g/mol. The molecule has 168 valence electrons. The Kier molecular flexibility index (Phi) is 4.74. The van der Waals surface area contributed by atoms with E-state index < -0.39 is 0 Å². The first-order valence-electron chi connectivity index (χ1n) is 11.9. The lowest BCUT2D eigenvalue weighted by molar-refractivity contribution is 0.658. The predicted molar refractivity (Wildman–Crippen MR) is 147 cm³/mol. The molecule has 0 atom stereocenters. The molecule has 0 N–H and O–H groups in total. The number of rotatable bonds is 2. The van der Waals surface area contributed by atoms with Crippen LogP contribution >= 0.6 is 23.5 Å². The molecule has 1 aliphatic carbocycles. The van der Waals surface area contributed by atoms with E-state index in [9.17, 15) is 0 Å². The summed E-state index contributed by atoms with van der Waals surface area (Å²) in [5.74, 6) is 0. The van der Waals surface area contributed by atoms with Crippen LogP contribution < -0.4 is 0 Å². The second kappa shape index (κ2) is 7.87. The molecule has 2 heterocycles. The number of benzene rings is 4. The van der Waals surface area contributed by atoms with Crippen LogP contribution in [-0.2, 0) is 5.41 Å². The third kappa shape index (κ3) is 3.37. The van der Waals surface area contributed by atoms with Gasteiger partial charge in [-0.15, -0.1) is 0 Å². The van der Waals surface area contributed by atoms with E-state index in [4.69, 9.17) is 0 Å². The zero-order chi connectivity index (χ0) is 23.6. The quantitative estimate of drug-likeness (QED) is 0.242. The van der Waals surface area contributed by atoms with Crippen LogP contribution in [-0.4, -0.2) is 4.98 Å². The highest BCUT2D eigenvalue weighted by atomic mass is 32.2. The van der Waals surface area contributed by atoms with Crippen LogP contribution in [0.4, 0.5) is 0 Å². The van der Waals surface area contributed by atoms with Crippen molar-refractivity contribution in [2.45, 2.75) is 38.8 Å². The number of aromatic nitrogens is 1. The molecule has 0 saturated heterocycles. The van der Waals surface area contributed by atoms with Crippen molar-refractivity contribution in [3.8, 4) is 33.5 Å². The van der Waals surface area contributed by atoms with E-state index in [1.54, 1.807) is 0 Å². The summed E-state index contributed by atoms with van der Waals surface area (Å²) < 4.78 is 0. The summed E-state index contributed by atoms with van der Waals surface area (Å²) in [7, 11) is 0. The highest BCUT2D eigenvalue weighted by Crippen LogP contribution is 2.56. The van der Waals surface area contributed by atoms with E-state index >= 15 is 0 Å². The minimum Gasteiger partial charge on any atom is -0.256 e. The summed E-state index contributed by atoms with van der Waals surface area (Å²) in [5.41, 5.74) is 10.2. The monoisotopic (exact) mass is 485 g/mol. The molecule has 0 bridgehead atoms. The van der Waals surface area contributed by atoms with Gasteiger partial charge < -0.3 is 0 Å². The van der Waals surface area contributed by atoms with E-state index in [0.29, 0.717) is 0 Å². The number of hydrogen-bond acceptors (Lipinski definition) is 3. The van der Waals surface area contributed by atoms with Gasteiger partial charge in [-0.3, -0.25) is 4.98 Å². The van der Waals surface area contributed by atoms with Crippen molar-refractivity contribution in [2.75, 3.05) is 0 Å². The first-order chi connectivity index (χ1) is 17.1. The minimum absolute atomic E-state index is 0.0359. The highest BCUT2D eigenvalue weighted by Gasteiger charge is 2.37. The van der Waals surface area contributed by atoms with E-state index in [-0.39, 0.29) is 5.41 Å². The lowest BCUT2D eigenvalue weighted by Crippen LogP contribution is -2.15. The maximum atomic E-state index is 4.48. The average molecular weight is 486 g/mol. The second-order valence-corrected chi connectivity index (χ2v) is 11.8. The molecular formula is C32H23NS2. The summed E-state index contributed by atoms with van der Waals surface area (Å²) in [5, 5.41) is 0. The van der Waals surface area contributed by atoms with Crippen molar-refractivity contribution in [1.82, 2.24) is 4.98 Å². The van der Waals surface area contributed by atoms with Gasteiger partial charge in [0.05, 0.1) is 5.69 Å². The van der Waals surface area contributed by atoms with Crippen molar-refractivity contribution < 1.29 is 0 Å². The number of nitrogens with zero attached hydrogens (tertiary/aromatic N) is 1. The van der Waals surface area contributed by atoms with Crippen molar-refractivity contribution in [1.29, 1.82) is 0 Å². The lowest BCUT2D eigenvalue weighted by Gasteiger charge is -2.24. The van der Waals surface area contributed by atoms with Gasteiger partial charge in [0.2, 0.25) is 0 Å². The molecule has 5 aromatic rings. The average Bonchev–Trinajstić information content (AvgIpc) is 3.12. The molecule has 3 heteroatoms. The Hall–Kier alpha value is -3.27. The van der Waals surface area contributed by atoms with Gasteiger partial charge in [-0.05, 0) is 75.8 Å². The van der Waals surface area contributed by atoms with Crippen LogP contribution in [0.1, 0.15) is 25.0 Å². The highest BCUT2D eigenvalue weighted by molar-refractivity contribution is 8.05. The van der Waals surface area contributed by atoms with Gasteiger partial charge in [-0.25, -0.2) is 0 Å². The van der Waals surface area contributed by atoms with E-state index in [1.807, 2.05) is 41.9 Å².